The van der Waals surface area contributed by atoms with Gasteiger partial charge in [0, 0.05) is 46.1 Å². The van der Waals surface area contributed by atoms with Crippen LogP contribution >= 0.6 is 0 Å². The van der Waals surface area contributed by atoms with Gasteiger partial charge in [-0.05, 0) is 66.0 Å². The SMILES string of the molecule is CCC(=O)O[C@H]1[C@H](O[C@H]2[C@@H](CC=O)C[C@@H](C)[C@@H](O)/C=C\C=C/C[C@@H](C)OC(=O)C[C@@H](OC(C)=O)[C@@H]2OC)O[C@H](C)[C@@H](O[C@H]2C[C@@](C)(O)[C@@H](OC(=O)CC(C)C)[C@H](C)O2)[C@@H]1N(C)C. The molecule has 0 aromatic heterocycles. The zero-order valence-corrected chi connectivity index (χ0v) is 38.6. The van der Waals surface area contributed by atoms with E-state index in [1.54, 1.807) is 77.9 Å². The van der Waals surface area contributed by atoms with Crippen LogP contribution in [0.1, 0.15) is 107 Å². The molecule has 0 amide bonds. The van der Waals surface area contributed by atoms with Crippen molar-refractivity contribution in [3.8, 4) is 0 Å². The Labute approximate surface area is 367 Å². The molecule has 354 valence electrons. The molecule has 17 nitrogen and oxygen atoms in total. The van der Waals surface area contributed by atoms with Gasteiger partial charge >= 0.3 is 23.9 Å². The Morgan fingerprint density at radius 3 is 2.24 bits per heavy atom. The second kappa shape index (κ2) is 24.7. The first-order chi connectivity index (χ1) is 29.1. The quantitative estimate of drug-likeness (QED) is 0.144. The van der Waals surface area contributed by atoms with Gasteiger partial charge in [0.25, 0.3) is 0 Å². The van der Waals surface area contributed by atoms with Gasteiger partial charge in [0.1, 0.15) is 36.3 Å². The number of rotatable bonds is 14. The summed E-state index contributed by atoms with van der Waals surface area (Å²) in [5.41, 5.74) is -1.53. The van der Waals surface area contributed by atoms with Crippen molar-refractivity contribution in [3.05, 3.63) is 24.3 Å². The van der Waals surface area contributed by atoms with Crippen molar-refractivity contribution >= 4 is 30.2 Å². The maximum absolute atomic E-state index is 13.4. The highest BCUT2D eigenvalue weighted by Gasteiger charge is 2.54. The van der Waals surface area contributed by atoms with Crippen LogP contribution in [-0.4, -0.2) is 152 Å². The molecule has 2 saturated heterocycles. The third-order valence-electron chi connectivity index (χ3n) is 11.4. The molecule has 16 atom stereocenters. The third kappa shape index (κ3) is 15.5. The maximum Gasteiger partial charge on any atom is 0.309 e. The van der Waals surface area contributed by atoms with Crippen molar-refractivity contribution in [3.63, 3.8) is 0 Å². The number of hydrogen-bond donors (Lipinski definition) is 2. The summed E-state index contributed by atoms with van der Waals surface area (Å²) in [6.07, 6.45) is -4.36. The number of likely N-dealkylation sites (N-methyl/N-ethyl adjacent to an activating group) is 1. The Kier molecular flexibility index (Phi) is 21.1. The third-order valence-corrected chi connectivity index (χ3v) is 11.4. The van der Waals surface area contributed by atoms with E-state index in [4.69, 9.17) is 42.6 Å². The molecule has 0 radical (unpaired) electrons. The summed E-state index contributed by atoms with van der Waals surface area (Å²) in [7, 11) is 4.89. The minimum absolute atomic E-state index is 0.00145. The van der Waals surface area contributed by atoms with Crippen LogP contribution in [0.25, 0.3) is 0 Å². The van der Waals surface area contributed by atoms with Crippen LogP contribution in [0.15, 0.2) is 24.3 Å². The number of nitrogens with zero attached hydrogens (tertiary/aromatic N) is 1. The van der Waals surface area contributed by atoms with Gasteiger partial charge in [-0.15, -0.1) is 0 Å². The van der Waals surface area contributed by atoms with Crippen LogP contribution in [0.3, 0.4) is 0 Å². The number of aliphatic hydroxyl groups excluding tert-OH is 1. The Hall–Kier alpha value is -3.29. The number of cyclic esters (lactones) is 1. The molecule has 3 aliphatic rings. The molecule has 0 unspecified atom stereocenters. The number of aldehydes is 1. The summed E-state index contributed by atoms with van der Waals surface area (Å²) in [4.78, 5) is 66.1. The van der Waals surface area contributed by atoms with E-state index in [2.05, 4.69) is 0 Å². The van der Waals surface area contributed by atoms with Crippen LogP contribution in [0.5, 0.6) is 0 Å². The van der Waals surface area contributed by atoms with Crippen LogP contribution in [0.4, 0.5) is 0 Å². The average molecular weight is 884 g/mol. The van der Waals surface area contributed by atoms with Gasteiger partial charge in [0.2, 0.25) is 0 Å². The lowest BCUT2D eigenvalue weighted by Gasteiger charge is -2.51. The zero-order chi connectivity index (χ0) is 46.5. The number of methoxy groups -OCH3 is 1. The topological polar surface area (TPSA) is 212 Å². The molecule has 3 aliphatic heterocycles. The first kappa shape index (κ1) is 53.1. The molecule has 3 rings (SSSR count). The molecule has 0 bridgehead atoms. The van der Waals surface area contributed by atoms with Crippen molar-refractivity contribution in [2.45, 2.75) is 193 Å². The Morgan fingerprint density at radius 1 is 0.968 bits per heavy atom. The van der Waals surface area contributed by atoms with E-state index in [0.29, 0.717) is 12.7 Å². The van der Waals surface area contributed by atoms with Gasteiger partial charge in [-0.2, -0.15) is 0 Å². The second-order valence-electron chi connectivity index (χ2n) is 17.8. The molecule has 17 heteroatoms. The van der Waals surface area contributed by atoms with Crippen molar-refractivity contribution in [2.24, 2.45) is 17.8 Å². The average Bonchev–Trinajstić information content (AvgIpc) is 3.15. The molecule has 3 heterocycles. The van der Waals surface area contributed by atoms with Crippen LogP contribution < -0.4 is 0 Å². The summed E-state index contributed by atoms with van der Waals surface area (Å²) in [5.74, 6) is -3.52. The van der Waals surface area contributed by atoms with E-state index in [-0.39, 0.29) is 38.0 Å². The van der Waals surface area contributed by atoms with E-state index < -0.39 is 127 Å². The first-order valence-corrected chi connectivity index (χ1v) is 21.9. The summed E-state index contributed by atoms with van der Waals surface area (Å²) in [6, 6.07) is -0.777. The highest BCUT2D eigenvalue weighted by atomic mass is 16.7. The first-order valence-electron chi connectivity index (χ1n) is 21.9. The molecular formula is C45H73NO16. The molecule has 2 N–H and O–H groups in total. The van der Waals surface area contributed by atoms with Crippen molar-refractivity contribution in [1.82, 2.24) is 4.90 Å². The minimum Gasteiger partial charge on any atom is -0.462 e. The predicted molar refractivity (Wildman–Crippen MR) is 224 cm³/mol. The Morgan fingerprint density at radius 2 is 1.66 bits per heavy atom. The molecule has 0 aromatic carbocycles. The zero-order valence-electron chi connectivity index (χ0n) is 38.6. The number of aliphatic hydroxyl groups is 2. The summed E-state index contributed by atoms with van der Waals surface area (Å²) < 4.78 is 55.5. The number of carbonyl (C=O) groups excluding carboxylic acids is 5. The number of esters is 4. The van der Waals surface area contributed by atoms with Gasteiger partial charge in [0.05, 0.1) is 36.9 Å². The van der Waals surface area contributed by atoms with Gasteiger partial charge in [-0.3, -0.25) is 19.2 Å². The van der Waals surface area contributed by atoms with Crippen LogP contribution in [0, 0.1) is 17.8 Å². The van der Waals surface area contributed by atoms with Gasteiger partial charge in [0.15, 0.2) is 24.8 Å². The number of carbonyl (C=O) groups is 5. The molecule has 0 spiro atoms. The van der Waals surface area contributed by atoms with Gasteiger partial charge in [-0.25, -0.2) is 0 Å². The molecule has 0 aliphatic carbocycles. The van der Waals surface area contributed by atoms with Crippen molar-refractivity contribution in [1.29, 1.82) is 0 Å². The highest BCUT2D eigenvalue weighted by Crippen LogP contribution is 2.38. The summed E-state index contributed by atoms with van der Waals surface area (Å²) in [6.45, 7) is 15.1. The predicted octanol–water partition coefficient (Wildman–Crippen LogP) is 3.97. The number of ether oxygens (including phenoxy) is 9. The van der Waals surface area contributed by atoms with Crippen LogP contribution in [-0.2, 0) is 66.6 Å². The lowest BCUT2D eigenvalue weighted by atomic mass is 9.82. The standard InChI is InChI=1S/C45H73NO16/c1-13-34(50)59-42-38(46(10)11)39(61-37-24-45(9,53)43(29(7)56-37)60-35(51)21-25(2)3)28(6)57-44(42)62-40-31(19-20-47)22-26(4)32(49)18-16-14-15-17-27(5)55-36(52)23-33(41(40)54-12)58-30(8)48/h14-16,18,20,25-29,31-33,37-44,49,53H,13,17,19,21-24H2,1-12H3/b15-14-,18-16-/t26-,27-,28-,29+,31+,32+,33-,37+,38+,39-,40+,41+,42-,43+,44+,45-/m1/s1. The largest absolute Gasteiger partial charge is 0.462 e. The minimum atomic E-state index is -1.53. The molecule has 0 aromatic rings. The fourth-order valence-electron chi connectivity index (χ4n) is 8.41. The monoisotopic (exact) mass is 883 g/mol. The highest BCUT2D eigenvalue weighted by molar-refractivity contribution is 5.72. The lowest BCUT2D eigenvalue weighted by molar-refractivity contribution is -0.345. The van der Waals surface area contributed by atoms with E-state index >= 15 is 0 Å². The maximum atomic E-state index is 13.4. The number of hydrogen-bond acceptors (Lipinski definition) is 17. The fourth-order valence-corrected chi connectivity index (χ4v) is 8.41. The van der Waals surface area contributed by atoms with Gasteiger partial charge in [-0.1, -0.05) is 52.0 Å². The lowest BCUT2D eigenvalue weighted by Crippen LogP contribution is -2.66. The number of allylic oxidation sites excluding steroid dienone is 2. The van der Waals surface area contributed by atoms with Crippen LogP contribution in [0.2, 0.25) is 0 Å². The second-order valence-corrected chi connectivity index (χ2v) is 17.8. The molecule has 62 heavy (non-hydrogen) atoms. The van der Waals surface area contributed by atoms with E-state index in [0.717, 1.165) is 0 Å². The molecule has 0 saturated carbocycles. The molecular weight excluding hydrogens is 810 g/mol. The van der Waals surface area contributed by atoms with Gasteiger partial charge < -0.3 is 62.5 Å². The fraction of sp³-hybridized carbons (Fsp3) is 0.800. The van der Waals surface area contributed by atoms with Crippen molar-refractivity contribution in [2.75, 3.05) is 21.2 Å². The van der Waals surface area contributed by atoms with E-state index in [1.165, 1.54) is 14.0 Å². The Balaban J connectivity index is 2.10. The van der Waals surface area contributed by atoms with E-state index in [9.17, 15) is 34.2 Å². The van der Waals surface area contributed by atoms with Crippen molar-refractivity contribution < 1.29 is 76.8 Å². The molecule has 2 fully saturated rings. The summed E-state index contributed by atoms with van der Waals surface area (Å²) in [5, 5.41) is 22.8. The smallest absolute Gasteiger partial charge is 0.309 e. The Bertz CT molecular complexity index is 1520. The van der Waals surface area contributed by atoms with E-state index in [1.807, 2.05) is 20.8 Å². The summed E-state index contributed by atoms with van der Waals surface area (Å²) >= 11 is 0. The normalized spacial score (nSPS) is 38.7.